The number of benzene rings is 1. The maximum Gasteiger partial charge on any atom is 0.319 e. The molecule has 3 nitrogen and oxygen atoms in total. The van der Waals surface area contributed by atoms with E-state index in [0.717, 1.165) is 4.47 Å². The Morgan fingerprint density at radius 1 is 1.57 bits per heavy atom. The number of hydrogen-bond donors (Lipinski definition) is 1. The van der Waals surface area contributed by atoms with Crippen molar-refractivity contribution in [3.05, 3.63) is 34.3 Å². The minimum atomic E-state index is -0.380. The van der Waals surface area contributed by atoms with Crippen LogP contribution in [0.3, 0.4) is 0 Å². The van der Waals surface area contributed by atoms with E-state index in [1.54, 1.807) is 0 Å². The van der Waals surface area contributed by atoms with Crippen molar-refractivity contribution in [2.24, 2.45) is 5.73 Å². The first kappa shape index (κ1) is 13.1. The molecule has 0 unspecified atom stereocenters. The van der Waals surface area contributed by atoms with E-state index < -0.39 is 0 Å². The van der Waals surface area contributed by atoms with E-state index in [0.29, 0.717) is 0 Å². The standard InChI is InChI=1S/C7H7Br.C3H7NO2/c1-6-3-2-4-7(8)5-6;1-6-3(5)2-4/h2-5H,1H3;2,4H2,1H3. The zero-order chi connectivity index (χ0) is 11.0. The highest BCUT2D eigenvalue weighted by molar-refractivity contribution is 9.10. The van der Waals surface area contributed by atoms with Crippen LogP contribution in [0.1, 0.15) is 5.56 Å². The molecule has 0 atom stereocenters. The quantitative estimate of drug-likeness (QED) is 0.784. The van der Waals surface area contributed by atoms with Crippen LogP contribution in [0.4, 0.5) is 0 Å². The second kappa shape index (κ2) is 7.53. The Hall–Kier alpha value is -0.870. The number of hydrogen-bond acceptors (Lipinski definition) is 3. The van der Waals surface area contributed by atoms with Gasteiger partial charge in [0.1, 0.15) is 0 Å². The number of methoxy groups -OCH3 is 1. The minimum Gasteiger partial charge on any atom is -0.468 e. The Morgan fingerprint density at radius 2 is 2.21 bits per heavy atom. The summed E-state index contributed by atoms with van der Waals surface area (Å²) in [7, 11) is 1.30. The van der Waals surface area contributed by atoms with Gasteiger partial charge in [0.2, 0.25) is 0 Å². The highest BCUT2D eigenvalue weighted by atomic mass is 79.9. The van der Waals surface area contributed by atoms with Gasteiger partial charge in [-0.25, -0.2) is 0 Å². The molecule has 2 N–H and O–H groups in total. The van der Waals surface area contributed by atoms with Crippen LogP contribution in [-0.4, -0.2) is 19.6 Å². The Kier molecular flexibility index (Phi) is 7.06. The number of rotatable bonds is 1. The number of carbonyl (C=O) groups is 1. The highest BCUT2D eigenvalue weighted by Crippen LogP contribution is 2.09. The van der Waals surface area contributed by atoms with E-state index in [9.17, 15) is 4.79 Å². The van der Waals surface area contributed by atoms with Crippen LogP contribution < -0.4 is 5.73 Å². The van der Waals surface area contributed by atoms with Gasteiger partial charge in [0.25, 0.3) is 0 Å². The fourth-order valence-electron chi connectivity index (χ4n) is 0.689. The maximum absolute atomic E-state index is 9.83. The largest absolute Gasteiger partial charge is 0.468 e. The summed E-state index contributed by atoms with van der Waals surface area (Å²) >= 11 is 3.36. The third kappa shape index (κ3) is 6.62. The third-order valence-corrected chi connectivity index (χ3v) is 1.87. The van der Waals surface area contributed by atoms with E-state index in [1.807, 2.05) is 12.1 Å². The lowest BCUT2D eigenvalue weighted by Gasteiger charge is -1.89. The van der Waals surface area contributed by atoms with Gasteiger partial charge in [-0.05, 0) is 19.1 Å². The van der Waals surface area contributed by atoms with Crippen LogP contribution in [0.25, 0.3) is 0 Å². The first-order valence-electron chi connectivity index (χ1n) is 4.09. The van der Waals surface area contributed by atoms with Crippen molar-refractivity contribution in [2.45, 2.75) is 6.92 Å². The van der Waals surface area contributed by atoms with Crippen molar-refractivity contribution in [1.82, 2.24) is 0 Å². The van der Waals surface area contributed by atoms with Gasteiger partial charge in [-0.15, -0.1) is 0 Å². The molecule has 0 spiro atoms. The monoisotopic (exact) mass is 259 g/mol. The molecular weight excluding hydrogens is 246 g/mol. The summed E-state index contributed by atoms with van der Waals surface area (Å²) in [5.41, 5.74) is 6.10. The summed E-state index contributed by atoms with van der Waals surface area (Å²) in [6.07, 6.45) is 0. The van der Waals surface area contributed by atoms with Gasteiger partial charge in [0, 0.05) is 4.47 Å². The van der Waals surface area contributed by atoms with Crippen molar-refractivity contribution in [1.29, 1.82) is 0 Å². The van der Waals surface area contributed by atoms with Crippen LogP contribution in [-0.2, 0) is 9.53 Å². The van der Waals surface area contributed by atoms with Crippen LogP contribution in [0.15, 0.2) is 28.7 Å². The highest BCUT2D eigenvalue weighted by Gasteiger charge is 1.87. The number of halogens is 1. The van der Waals surface area contributed by atoms with Crippen molar-refractivity contribution in [2.75, 3.05) is 13.7 Å². The predicted molar refractivity (Wildman–Crippen MR) is 59.9 cm³/mol. The predicted octanol–water partition coefficient (Wildman–Crippen LogP) is 1.88. The summed E-state index contributed by atoms with van der Waals surface area (Å²) in [6, 6.07) is 8.21. The Morgan fingerprint density at radius 3 is 2.43 bits per heavy atom. The third-order valence-electron chi connectivity index (χ3n) is 1.37. The molecule has 0 heterocycles. The van der Waals surface area contributed by atoms with E-state index in [1.165, 1.54) is 12.7 Å². The molecule has 0 saturated carbocycles. The first-order chi connectivity index (χ1) is 6.60. The van der Waals surface area contributed by atoms with Crippen LogP contribution in [0, 0.1) is 6.92 Å². The van der Waals surface area contributed by atoms with Crippen LogP contribution >= 0.6 is 15.9 Å². The number of aryl methyl sites for hydroxylation is 1. The fourth-order valence-corrected chi connectivity index (χ4v) is 1.20. The molecule has 0 radical (unpaired) electrons. The van der Waals surface area contributed by atoms with Gasteiger partial charge >= 0.3 is 5.97 Å². The van der Waals surface area contributed by atoms with E-state index in [2.05, 4.69) is 39.7 Å². The molecule has 0 aliphatic carbocycles. The summed E-state index contributed by atoms with van der Waals surface area (Å²) in [6.45, 7) is 2.04. The lowest BCUT2D eigenvalue weighted by atomic mass is 10.2. The van der Waals surface area contributed by atoms with Crippen LogP contribution in [0.2, 0.25) is 0 Å². The smallest absolute Gasteiger partial charge is 0.319 e. The van der Waals surface area contributed by atoms with Crippen molar-refractivity contribution in [3.8, 4) is 0 Å². The van der Waals surface area contributed by atoms with Gasteiger partial charge in [-0.1, -0.05) is 33.6 Å². The maximum atomic E-state index is 9.83. The molecule has 78 valence electrons. The zero-order valence-electron chi connectivity index (χ0n) is 8.29. The number of esters is 1. The molecule has 0 amide bonds. The number of carbonyl (C=O) groups excluding carboxylic acids is 1. The van der Waals surface area contributed by atoms with E-state index in [4.69, 9.17) is 5.73 Å². The summed E-state index contributed by atoms with van der Waals surface area (Å²) in [4.78, 5) is 9.83. The SMILES string of the molecule is COC(=O)CN.Cc1cccc(Br)c1. The molecule has 0 aromatic heterocycles. The Bertz CT molecular complexity index is 266. The minimum absolute atomic E-state index is 0.0312. The average molecular weight is 260 g/mol. The summed E-state index contributed by atoms with van der Waals surface area (Å²) in [5, 5.41) is 0. The summed E-state index contributed by atoms with van der Waals surface area (Å²) in [5.74, 6) is -0.380. The van der Waals surface area contributed by atoms with Gasteiger partial charge in [-0.3, -0.25) is 4.79 Å². The van der Waals surface area contributed by atoms with Crippen molar-refractivity contribution in [3.63, 3.8) is 0 Å². The normalized spacial score (nSPS) is 8.57. The fraction of sp³-hybridized carbons (Fsp3) is 0.300. The van der Waals surface area contributed by atoms with Crippen molar-refractivity contribution < 1.29 is 9.53 Å². The zero-order valence-corrected chi connectivity index (χ0v) is 9.87. The molecule has 0 saturated heterocycles. The molecule has 1 aromatic carbocycles. The molecule has 0 aliphatic heterocycles. The lowest BCUT2D eigenvalue weighted by Crippen LogP contribution is -2.14. The van der Waals surface area contributed by atoms with E-state index >= 15 is 0 Å². The number of ether oxygens (including phenoxy) is 1. The number of nitrogens with two attached hydrogens (primary N) is 1. The summed E-state index contributed by atoms with van der Waals surface area (Å²) < 4.78 is 5.29. The van der Waals surface area contributed by atoms with Gasteiger partial charge in [-0.2, -0.15) is 0 Å². The lowest BCUT2D eigenvalue weighted by molar-refractivity contribution is -0.138. The molecule has 1 aromatic rings. The Balaban J connectivity index is 0.000000255. The molecular formula is C10H14BrNO2. The van der Waals surface area contributed by atoms with Crippen LogP contribution in [0.5, 0.6) is 0 Å². The van der Waals surface area contributed by atoms with Gasteiger partial charge < -0.3 is 10.5 Å². The van der Waals surface area contributed by atoms with E-state index in [-0.39, 0.29) is 12.5 Å². The average Bonchev–Trinajstić information content (AvgIpc) is 2.17. The molecule has 0 bridgehead atoms. The topological polar surface area (TPSA) is 52.3 Å². The Labute approximate surface area is 92.4 Å². The molecule has 14 heavy (non-hydrogen) atoms. The van der Waals surface area contributed by atoms with Gasteiger partial charge in [0.05, 0.1) is 13.7 Å². The molecule has 0 aliphatic rings. The van der Waals surface area contributed by atoms with Gasteiger partial charge in [0.15, 0.2) is 0 Å². The molecule has 4 heteroatoms. The molecule has 0 fully saturated rings. The molecule has 1 rings (SSSR count). The van der Waals surface area contributed by atoms with Crippen molar-refractivity contribution >= 4 is 21.9 Å². The first-order valence-corrected chi connectivity index (χ1v) is 4.88. The second-order valence-corrected chi connectivity index (χ2v) is 3.49. The second-order valence-electron chi connectivity index (χ2n) is 2.58.